The molecule has 1 aromatic heterocycles. The Hall–Kier alpha value is -2.84. The zero-order chi connectivity index (χ0) is 21.8. The van der Waals surface area contributed by atoms with Crippen LogP contribution < -0.4 is 5.32 Å². The lowest BCUT2D eigenvalue weighted by molar-refractivity contribution is 0.175. The Kier molecular flexibility index (Phi) is 6.58. The molecule has 1 aliphatic heterocycles. The first kappa shape index (κ1) is 21.4. The van der Waals surface area contributed by atoms with Crippen LogP contribution in [0.5, 0.6) is 0 Å². The smallest absolute Gasteiger partial charge is 0.173 e. The molecule has 1 saturated heterocycles. The molecule has 1 N–H and O–H groups in total. The predicted octanol–water partition coefficient (Wildman–Crippen LogP) is 4.03. The summed E-state index contributed by atoms with van der Waals surface area (Å²) in [6, 6.07) is 12.6. The topological polar surface area (TPSA) is 36.3 Å². The minimum atomic E-state index is -0.801. The molecule has 1 fully saturated rings. The van der Waals surface area contributed by atoms with E-state index in [4.69, 9.17) is 12.2 Å². The highest BCUT2D eigenvalue weighted by atomic mass is 32.1. The Morgan fingerprint density at radius 1 is 1.00 bits per heavy atom. The van der Waals surface area contributed by atoms with Gasteiger partial charge < -0.3 is 10.2 Å². The fraction of sp³-hybridized carbons (Fsp3) is 0.304. The number of hydrogen-bond acceptors (Lipinski definition) is 3. The molecule has 0 atom stereocenters. The second kappa shape index (κ2) is 9.53. The Balaban J connectivity index is 1.28. The zero-order valence-corrected chi connectivity index (χ0v) is 18.2. The monoisotopic (exact) mass is 441 g/mol. The zero-order valence-electron chi connectivity index (χ0n) is 17.4. The van der Waals surface area contributed by atoms with Crippen molar-refractivity contribution in [2.24, 2.45) is 0 Å². The van der Waals surface area contributed by atoms with Gasteiger partial charge in [-0.1, -0.05) is 36.4 Å². The van der Waals surface area contributed by atoms with Gasteiger partial charge in [-0.15, -0.1) is 0 Å². The van der Waals surface area contributed by atoms with E-state index < -0.39 is 11.6 Å². The third kappa shape index (κ3) is 5.26. The summed E-state index contributed by atoms with van der Waals surface area (Å²) < 4.78 is 29.2. The standard InChI is InChI=1S/C23H25F2N5S/c1-17-5-2-3-6-18(17)15-30-16-20(13-26-30)27-23(31)29-11-9-28(10-12-29)14-19-7-4-8-21(24)22(19)25/h2-8,13,16H,9-12,14-15H2,1H3,(H,27,31). The maximum absolute atomic E-state index is 13.9. The van der Waals surface area contributed by atoms with Crippen LogP contribution in [0.1, 0.15) is 16.7 Å². The number of rotatable bonds is 5. The Bertz CT molecular complexity index is 1060. The van der Waals surface area contributed by atoms with Crippen LogP contribution in [0, 0.1) is 18.6 Å². The van der Waals surface area contributed by atoms with Gasteiger partial charge in [-0.05, 0) is 36.3 Å². The molecule has 2 aromatic carbocycles. The molecule has 0 unspecified atom stereocenters. The molecule has 4 rings (SSSR count). The largest absolute Gasteiger partial charge is 0.346 e. The fourth-order valence-corrected chi connectivity index (χ4v) is 4.00. The number of nitrogens with zero attached hydrogens (tertiary/aromatic N) is 4. The van der Waals surface area contributed by atoms with Gasteiger partial charge >= 0.3 is 0 Å². The van der Waals surface area contributed by atoms with Gasteiger partial charge in [-0.3, -0.25) is 9.58 Å². The average Bonchev–Trinajstić information content (AvgIpc) is 3.20. The number of thiocarbonyl (C=S) groups is 1. The van der Waals surface area contributed by atoms with E-state index in [0.717, 1.165) is 37.9 Å². The lowest BCUT2D eigenvalue weighted by Gasteiger charge is -2.36. The van der Waals surface area contributed by atoms with Crippen LogP contribution in [0.2, 0.25) is 0 Å². The molecule has 5 nitrogen and oxygen atoms in total. The van der Waals surface area contributed by atoms with E-state index in [1.54, 1.807) is 18.3 Å². The summed E-state index contributed by atoms with van der Waals surface area (Å²) in [7, 11) is 0. The van der Waals surface area contributed by atoms with Crippen LogP contribution in [-0.2, 0) is 13.1 Å². The maximum Gasteiger partial charge on any atom is 0.173 e. The first-order valence-corrected chi connectivity index (χ1v) is 10.7. The Morgan fingerprint density at radius 2 is 1.74 bits per heavy atom. The van der Waals surface area contributed by atoms with E-state index in [2.05, 4.69) is 39.3 Å². The van der Waals surface area contributed by atoms with Crippen molar-refractivity contribution in [3.8, 4) is 0 Å². The van der Waals surface area contributed by atoms with Crippen molar-refractivity contribution in [3.05, 3.63) is 83.2 Å². The third-order valence-electron chi connectivity index (χ3n) is 5.56. The molecule has 0 aliphatic carbocycles. The normalized spacial score (nSPS) is 14.6. The predicted molar refractivity (Wildman–Crippen MR) is 122 cm³/mol. The van der Waals surface area contributed by atoms with E-state index in [9.17, 15) is 8.78 Å². The summed E-state index contributed by atoms with van der Waals surface area (Å²) in [6.07, 6.45) is 3.72. The second-order valence-corrected chi connectivity index (χ2v) is 8.15. The van der Waals surface area contributed by atoms with Gasteiger partial charge in [0.1, 0.15) is 0 Å². The number of anilines is 1. The SMILES string of the molecule is Cc1ccccc1Cn1cc(NC(=S)N2CCN(Cc3cccc(F)c3F)CC2)cn1. The number of hydrogen-bond donors (Lipinski definition) is 1. The molecule has 2 heterocycles. The van der Waals surface area contributed by atoms with Gasteiger partial charge in [-0.25, -0.2) is 8.78 Å². The van der Waals surface area contributed by atoms with Crippen LogP contribution in [0.4, 0.5) is 14.5 Å². The van der Waals surface area contributed by atoms with Gasteiger partial charge in [0.15, 0.2) is 16.7 Å². The van der Waals surface area contributed by atoms with Crippen molar-refractivity contribution < 1.29 is 8.78 Å². The van der Waals surface area contributed by atoms with Crippen molar-refractivity contribution in [2.45, 2.75) is 20.0 Å². The first-order valence-electron chi connectivity index (χ1n) is 10.3. The van der Waals surface area contributed by atoms with Gasteiger partial charge in [0.2, 0.25) is 0 Å². The van der Waals surface area contributed by atoms with Gasteiger partial charge in [0.25, 0.3) is 0 Å². The molecule has 0 radical (unpaired) electrons. The van der Waals surface area contributed by atoms with Crippen LogP contribution in [0.3, 0.4) is 0 Å². The molecule has 0 spiro atoms. The van der Waals surface area contributed by atoms with Crippen LogP contribution in [-0.4, -0.2) is 50.9 Å². The summed E-state index contributed by atoms with van der Waals surface area (Å²) >= 11 is 5.57. The van der Waals surface area contributed by atoms with E-state index in [1.807, 2.05) is 23.0 Å². The van der Waals surface area contributed by atoms with Crippen molar-refractivity contribution in [1.82, 2.24) is 19.6 Å². The minimum Gasteiger partial charge on any atom is -0.346 e. The van der Waals surface area contributed by atoms with Gasteiger partial charge in [-0.2, -0.15) is 5.10 Å². The van der Waals surface area contributed by atoms with Gasteiger partial charge in [0.05, 0.1) is 18.4 Å². The van der Waals surface area contributed by atoms with Gasteiger partial charge in [0, 0.05) is 44.5 Å². The van der Waals surface area contributed by atoms with E-state index >= 15 is 0 Å². The summed E-state index contributed by atoms with van der Waals surface area (Å²) in [5, 5.41) is 8.33. The van der Waals surface area contributed by atoms with E-state index in [0.29, 0.717) is 23.8 Å². The molecule has 162 valence electrons. The number of piperazine rings is 1. The molecule has 0 bridgehead atoms. The molecular weight excluding hydrogens is 416 g/mol. The lowest BCUT2D eigenvalue weighted by Crippen LogP contribution is -2.49. The molecule has 3 aromatic rings. The summed E-state index contributed by atoms with van der Waals surface area (Å²) in [4.78, 5) is 4.20. The quantitative estimate of drug-likeness (QED) is 0.605. The summed E-state index contributed by atoms with van der Waals surface area (Å²) in [6.45, 7) is 6.09. The van der Waals surface area contributed by atoms with Crippen molar-refractivity contribution in [1.29, 1.82) is 0 Å². The van der Waals surface area contributed by atoms with E-state index in [1.165, 1.54) is 11.1 Å². The molecule has 8 heteroatoms. The first-order chi connectivity index (χ1) is 15.0. The Labute approximate surface area is 186 Å². The van der Waals surface area contributed by atoms with Crippen LogP contribution >= 0.6 is 12.2 Å². The van der Waals surface area contributed by atoms with Crippen molar-refractivity contribution >= 4 is 23.0 Å². The second-order valence-electron chi connectivity index (χ2n) is 7.76. The lowest BCUT2D eigenvalue weighted by atomic mass is 10.1. The maximum atomic E-state index is 13.9. The number of aromatic nitrogens is 2. The van der Waals surface area contributed by atoms with Crippen molar-refractivity contribution in [3.63, 3.8) is 0 Å². The number of benzene rings is 2. The number of aryl methyl sites for hydroxylation is 1. The molecule has 31 heavy (non-hydrogen) atoms. The highest BCUT2D eigenvalue weighted by Gasteiger charge is 2.21. The third-order valence-corrected chi connectivity index (χ3v) is 5.92. The highest BCUT2D eigenvalue weighted by Crippen LogP contribution is 2.16. The number of halogens is 2. The minimum absolute atomic E-state index is 0.384. The highest BCUT2D eigenvalue weighted by molar-refractivity contribution is 7.80. The average molecular weight is 442 g/mol. The molecule has 1 aliphatic rings. The molecule has 0 amide bonds. The summed E-state index contributed by atoms with van der Waals surface area (Å²) in [5.41, 5.74) is 3.70. The van der Waals surface area contributed by atoms with Crippen LogP contribution in [0.25, 0.3) is 0 Å². The van der Waals surface area contributed by atoms with Crippen LogP contribution in [0.15, 0.2) is 54.9 Å². The van der Waals surface area contributed by atoms with Crippen molar-refractivity contribution in [2.75, 3.05) is 31.5 Å². The Morgan fingerprint density at radius 3 is 2.52 bits per heavy atom. The number of nitrogens with one attached hydrogen (secondary N) is 1. The summed E-state index contributed by atoms with van der Waals surface area (Å²) in [5.74, 6) is -1.56. The fourth-order valence-electron chi connectivity index (χ4n) is 3.70. The molecular formula is C23H25F2N5S. The molecule has 0 saturated carbocycles. The van der Waals surface area contributed by atoms with E-state index in [-0.39, 0.29) is 0 Å².